The van der Waals surface area contributed by atoms with E-state index < -0.39 is 0 Å². The second-order valence-electron chi connectivity index (χ2n) is 14.9. The maximum atomic E-state index is 12.2. The number of methoxy groups -OCH3 is 2. The molecule has 4 aromatic carbocycles. The summed E-state index contributed by atoms with van der Waals surface area (Å²) in [6.45, 7) is 0. The van der Waals surface area contributed by atoms with Gasteiger partial charge in [-0.15, -0.1) is 0 Å². The molecule has 6 N–H and O–H groups in total. The summed E-state index contributed by atoms with van der Waals surface area (Å²) in [6.07, 6.45) is 7.88. The lowest BCUT2D eigenvalue weighted by Crippen LogP contribution is -2.17. The molecule has 0 unspecified atom stereocenters. The zero-order chi connectivity index (χ0) is 44.2. The van der Waals surface area contributed by atoms with Gasteiger partial charge < -0.3 is 45.4 Å². The Morgan fingerprint density at radius 2 is 1.14 bits per heavy atom. The van der Waals surface area contributed by atoms with Crippen LogP contribution in [0.3, 0.4) is 0 Å². The first-order valence-corrected chi connectivity index (χ1v) is 20.6. The van der Waals surface area contributed by atoms with E-state index >= 15 is 0 Å². The van der Waals surface area contributed by atoms with Crippen molar-refractivity contribution in [2.24, 2.45) is 0 Å². The standard InChI is InChI=1S/C47H44N10O7/c1-48-42(58)28-9-16-30(17-10-28)52-46-54-40-38(44(56-46)61-4)34(24-50-40)26-11-18-32(19-12-26)63-64-33-20-13-27(14-21-33)35-25-51-41-39(35)45(62-31-7-5-6-8-31)57-47(55-41)53-36-22-15-29(43(59)49-2)23-37(36)60-3/h9-25,31H,5-8H2,1-4H3,(H,48,58)(H,49,59)(H2,50,52,54,56)(H2,51,53,55,57). The number of rotatable bonds is 15. The van der Waals surface area contributed by atoms with Gasteiger partial charge in [0, 0.05) is 54.4 Å². The second-order valence-corrected chi connectivity index (χ2v) is 14.9. The Balaban J connectivity index is 0.890. The van der Waals surface area contributed by atoms with E-state index in [0.717, 1.165) is 58.7 Å². The number of aromatic amines is 2. The highest BCUT2D eigenvalue weighted by molar-refractivity contribution is 5.99. The van der Waals surface area contributed by atoms with Crippen LogP contribution in [0.4, 0.5) is 23.3 Å². The van der Waals surface area contributed by atoms with Crippen molar-refractivity contribution in [2.75, 3.05) is 38.9 Å². The number of carbonyl (C=O) groups is 2. The molecule has 0 aliphatic heterocycles. The van der Waals surface area contributed by atoms with Gasteiger partial charge in [0.05, 0.1) is 30.7 Å². The van der Waals surface area contributed by atoms with Crippen molar-refractivity contribution in [1.29, 1.82) is 0 Å². The Morgan fingerprint density at radius 1 is 0.609 bits per heavy atom. The molecule has 2 amide bonds. The largest absolute Gasteiger partial charge is 0.495 e. The number of amides is 2. The highest BCUT2D eigenvalue weighted by atomic mass is 17.2. The van der Waals surface area contributed by atoms with Crippen LogP contribution in [-0.2, 0) is 0 Å². The van der Waals surface area contributed by atoms with Crippen LogP contribution < -0.4 is 45.3 Å². The molecule has 9 rings (SSSR count). The van der Waals surface area contributed by atoms with Gasteiger partial charge in [0.15, 0.2) is 11.5 Å². The van der Waals surface area contributed by atoms with Crippen LogP contribution in [0.5, 0.6) is 29.0 Å². The minimum Gasteiger partial charge on any atom is -0.495 e. The first-order chi connectivity index (χ1) is 31.3. The van der Waals surface area contributed by atoms with Crippen molar-refractivity contribution in [3.05, 3.63) is 115 Å². The summed E-state index contributed by atoms with van der Waals surface area (Å²) < 4.78 is 17.8. The van der Waals surface area contributed by atoms with E-state index in [4.69, 9.17) is 34.0 Å². The van der Waals surface area contributed by atoms with Gasteiger partial charge in [-0.3, -0.25) is 19.4 Å². The second kappa shape index (κ2) is 17.9. The zero-order valence-corrected chi connectivity index (χ0v) is 35.4. The average Bonchev–Trinajstić information content (AvgIpc) is 4.12. The summed E-state index contributed by atoms with van der Waals surface area (Å²) in [5.74, 6) is 2.58. The van der Waals surface area contributed by atoms with Crippen molar-refractivity contribution >= 4 is 57.2 Å². The fourth-order valence-electron chi connectivity index (χ4n) is 7.62. The molecule has 17 heteroatoms. The molecule has 64 heavy (non-hydrogen) atoms. The van der Waals surface area contributed by atoms with Gasteiger partial charge in [-0.25, -0.2) is 0 Å². The third kappa shape index (κ3) is 8.46. The molecule has 324 valence electrons. The highest BCUT2D eigenvalue weighted by Crippen LogP contribution is 2.39. The molecule has 8 aromatic rings. The smallest absolute Gasteiger partial charge is 0.251 e. The van der Waals surface area contributed by atoms with Gasteiger partial charge in [-0.05, 0) is 104 Å². The molecular formula is C47H44N10O7. The van der Waals surface area contributed by atoms with Crippen molar-refractivity contribution in [3.8, 4) is 51.3 Å². The van der Waals surface area contributed by atoms with Crippen LogP contribution in [-0.4, -0.2) is 76.1 Å². The Kier molecular flexibility index (Phi) is 11.5. The lowest BCUT2D eigenvalue weighted by molar-refractivity contribution is -0.0999. The van der Waals surface area contributed by atoms with E-state index in [1.54, 1.807) is 70.8 Å². The monoisotopic (exact) mass is 860 g/mol. The maximum Gasteiger partial charge on any atom is 0.251 e. The van der Waals surface area contributed by atoms with E-state index in [1.165, 1.54) is 0 Å². The fraction of sp³-hybridized carbons (Fsp3) is 0.191. The molecule has 0 bridgehead atoms. The predicted molar refractivity (Wildman–Crippen MR) is 242 cm³/mol. The van der Waals surface area contributed by atoms with E-state index in [9.17, 15) is 9.59 Å². The molecule has 0 saturated heterocycles. The van der Waals surface area contributed by atoms with E-state index in [1.807, 2.05) is 60.9 Å². The zero-order valence-electron chi connectivity index (χ0n) is 35.4. The number of nitrogens with zero attached hydrogens (tertiary/aromatic N) is 4. The van der Waals surface area contributed by atoms with Crippen LogP contribution in [0.2, 0.25) is 0 Å². The molecule has 17 nitrogen and oxygen atoms in total. The summed E-state index contributed by atoms with van der Waals surface area (Å²) >= 11 is 0. The third-order valence-corrected chi connectivity index (χ3v) is 10.9. The molecule has 1 saturated carbocycles. The minimum absolute atomic E-state index is 0.0428. The molecule has 0 radical (unpaired) electrons. The van der Waals surface area contributed by atoms with Gasteiger partial charge in [0.2, 0.25) is 23.7 Å². The summed E-state index contributed by atoms with van der Waals surface area (Å²) in [7, 11) is 6.27. The first kappa shape index (κ1) is 41.0. The van der Waals surface area contributed by atoms with Gasteiger partial charge in [-0.2, -0.15) is 19.9 Å². The number of anilines is 4. The summed E-state index contributed by atoms with van der Waals surface area (Å²) in [4.78, 5) is 61.1. The van der Waals surface area contributed by atoms with Crippen LogP contribution in [0.1, 0.15) is 46.4 Å². The number of aromatic nitrogens is 6. The summed E-state index contributed by atoms with van der Waals surface area (Å²) in [5, 5.41) is 13.1. The number of benzene rings is 4. The van der Waals surface area contributed by atoms with Crippen LogP contribution in [0.15, 0.2) is 103 Å². The van der Waals surface area contributed by atoms with E-state index in [-0.39, 0.29) is 17.9 Å². The SMILES string of the molecule is CNC(=O)c1ccc(Nc2nc(OC)c3c(-c4ccc(OOc5ccc(-c6c[nH]c7nc(Nc8ccc(C(=O)NC)cc8OC)nc(OC8CCCC8)c67)cc5)cc4)c[nH]c3n2)cc1. The van der Waals surface area contributed by atoms with Crippen LogP contribution in [0.25, 0.3) is 44.3 Å². The lowest BCUT2D eigenvalue weighted by Gasteiger charge is -2.16. The highest BCUT2D eigenvalue weighted by Gasteiger charge is 2.23. The van der Waals surface area contributed by atoms with Gasteiger partial charge in [0.25, 0.3) is 11.8 Å². The van der Waals surface area contributed by atoms with Crippen molar-refractivity contribution in [1.82, 2.24) is 40.5 Å². The lowest BCUT2D eigenvalue weighted by atomic mass is 10.1. The Labute approximate surface area is 366 Å². The number of hydrogen-bond donors (Lipinski definition) is 6. The predicted octanol–water partition coefficient (Wildman–Crippen LogP) is 8.48. The Hall–Kier alpha value is -8.34. The quantitative estimate of drug-likeness (QED) is 0.0422. The summed E-state index contributed by atoms with van der Waals surface area (Å²) in [5.41, 5.74) is 6.99. The first-order valence-electron chi connectivity index (χ1n) is 20.6. The minimum atomic E-state index is -0.219. The van der Waals surface area contributed by atoms with Crippen molar-refractivity contribution < 1.29 is 33.6 Å². The van der Waals surface area contributed by atoms with Crippen molar-refractivity contribution in [3.63, 3.8) is 0 Å². The van der Waals surface area contributed by atoms with Crippen molar-refractivity contribution in [2.45, 2.75) is 31.8 Å². The third-order valence-electron chi connectivity index (χ3n) is 10.9. The van der Waals surface area contributed by atoms with Gasteiger partial charge in [0.1, 0.15) is 23.1 Å². The fourth-order valence-corrected chi connectivity index (χ4v) is 7.62. The van der Waals surface area contributed by atoms with Gasteiger partial charge in [-0.1, -0.05) is 24.3 Å². The molecule has 1 aliphatic rings. The number of fused-ring (bicyclic) bond motifs is 2. The number of nitrogens with one attached hydrogen (secondary N) is 6. The maximum absolute atomic E-state index is 12.2. The topological polar surface area (TPSA) is 212 Å². The van der Waals surface area contributed by atoms with Crippen LogP contribution >= 0.6 is 0 Å². The number of ether oxygens (including phenoxy) is 3. The Morgan fingerprint density at radius 3 is 1.70 bits per heavy atom. The molecule has 1 aliphatic carbocycles. The molecule has 0 spiro atoms. The number of hydrogen-bond acceptors (Lipinski definition) is 13. The van der Waals surface area contributed by atoms with E-state index in [0.29, 0.717) is 74.7 Å². The van der Waals surface area contributed by atoms with Gasteiger partial charge >= 0.3 is 0 Å². The normalized spacial score (nSPS) is 12.5. The van der Waals surface area contributed by atoms with E-state index in [2.05, 4.69) is 41.2 Å². The molecule has 0 atom stereocenters. The number of H-pyrrole nitrogens is 2. The molecular weight excluding hydrogens is 817 g/mol. The van der Waals surface area contributed by atoms with Crippen LogP contribution in [0, 0.1) is 0 Å². The molecule has 1 fully saturated rings. The Bertz CT molecular complexity index is 2960. The average molecular weight is 861 g/mol. The summed E-state index contributed by atoms with van der Waals surface area (Å²) in [6, 6.07) is 27.1. The molecule has 4 heterocycles. The molecule has 4 aromatic heterocycles. The number of carbonyl (C=O) groups excluding carboxylic acids is 2.